The molecule has 0 aliphatic heterocycles. The van der Waals surface area contributed by atoms with Crippen molar-refractivity contribution < 1.29 is 13.9 Å². The lowest BCUT2D eigenvalue weighted by atomic mass is 10.0. The standard InChI is InChI=1S/C20H20FN3O2/c1-24-11-10-22-20(24)19(15-4-3-5-16(21)13-15)23-18(25)12-14-6-8-17(26-2)9-7-14/h3-11,13,19H,12H2,1-2H3,(H,23,25). The van der Waals surface area contributed by atoms with Crippen LogP contribution in [0.1, 0.15) is 23.0 Å². The van der Waals surface area contributed by atoms with E-state index in [0.717, 1.165) is 11.3 Å². The third kappa shape index (κ3) is 4.08. The summed E-state index contributed by atoms with van der Waals surface area (Å²) >= 11 is 0. The highest BCUT2D eigenvalue weighted by Gasteiger charge is 2.21. The van der Waals surface area contributed by atoms with E-state index < -0.39 is 6.04 Å². The minimum atomic E-state index is -0.531. The number of aromatic nitrogens is 2. The number of hydrogen-bond donors (Lipinski definition) is 1. The molecule has 134 valence electrons. The second-order valence-corrected chi connectivity index (χ2v) is 5.98. The van der Waals surface area contributed by atoms with Gasteiger partial charge in [0.15, 0.2) is 0 Å². The Morgan fingerprint density at radius 1 is 1.27 bits per heavy atom. The molecule has 3 rings (SSSR count). The Labute approximate surface area is 151 Å². The summed E-state index contributed by atoms with van der Waals surface area (Å²) in [5.41, 5.74) is 1.50. The number of methoxy groups -OCH3 is 1. The maximum atomic E-state index is 13.7. The van der Waals surface area contributed by atoms with E-state index in [9.17, 15) is 9.18 Å². The molecule has 26 heavy (non-hydrogen) atoms. The summed E-state index contributed by atoms with van der Waals surface area (Å²) in [4.78, 5) is 16.9. The van der Waals surface area contributed by atoms with Crippen LogP contribution in [0.4, 0.5) is 4.39 Å². The Morgan fingerprint density at radius 2 is 2.04 bits per heavy atom. The molecule has 1 heterocycles. The minimum absolute atomic E-state index is 0.174. The molecule has 5 nitrogen and oxygen atoms in total. The number of ether oxygens (including phenoxy) is 1. The third-order valence-corrected chi connectivity index (χ3v) is 4.13. The van der Waals surface area contributed by atoms with Gasteiger partial charge in [0.25, 0.3) is 0 Å². The van der Waals surface area contributed by atoms with Gasteiger partial charge in [0.05, 0.1) is 13.5 Å². The first-order valence-corrected chi connectivity index (χ1v) is 8.22. The number of imidazole rings is 1. The fourth-order valence-electron chi connectivity index (χ4n) is 2.78. The van der Waals surface area contributed by atoms with Gasteiger partial charge in [-0.3, -0.25) is 4.79 Å². The van der Waals surface area contributed by atoms with Crippen molar-refractivity contribution in [3.63, 3.8) is 0 Å². The van der Waals surface area contributed by atoms with Crippen molar-refractivity contribution in [1.82, 2.24) is 14.9 Å². The average molecular weight is 353 g/mol. The molecule has 3 aromatic rings. The van der Waals surface area contributed by atoms with Gasteiger partial charge in [-0.1, -0.05) is 24.3 Å². The van der Waals surface area contributed by atoms with Crippen molar-refractivity contribution >= 4 is 5.91 Å². The number of nitrogens with zero attached hydrogens (tertiary/aromatic N) is 2. The number of aryl methyl sites for hydroxylation is 1. The smallest absolute Gasteiger partial charge is 0.225 e. The summed E-state index contributed by atoms with van der Waals surface area (Å²) in [6.45, 7) is 0. The second-order valence-electron chi connectivity index (χ2n) is 5.98. The highest BCUT2D eigenvalue weighted by atomic mass is 19.1. The van der Waals surface area contributed by atoms with E-state index in [2.05, 4.69) is 10.3 Å². The van der Waals surface area contributed by atoms with Gasteiger partial charge in [-0.2, -0.15) is 0 Å². The van der Waals surface area contributed by atoms with Crippen LogP contribution in [0.5, 0.6) is 5.75 Å². The topological polar surface area (TPSA) is 56.1 Å². The maximum Gasteiger partial charge on any atom is 0.225 e. The molecule has 0 fully saturated rings. The summed E-state index contributed by atoms with van der Waals surface area (Å²) in [6.07, 6.45) is 3.65. The zero-order chi connectivity index (χ0) is 18.5. The summed E-state index contributed by atoms with van der Waals surface area (Å²) in [6, 6.07) is 13.0. The Hall–Kier alpha value is -3.15. The number of nitrogens with one attached hydrogen (secondary N) is 1. The molecule has 0 saturated heterocycles. The zero-order valence-corrected chi connectivity index (χ0v) is 14.6. The maximum absolute atomic E-state index is 13.7. The number of rotatable bonds is 6. The van der Waals surface area contributed by atoms with Gasteiger partial charge in [-0.05, 0) is 35.4 Å². The van der Waals surface area contributed by atoms with Crippen molar-refractivity contribution in [2.45, 2.75) is 12.5 Å². The normalized spacial score (nSPS) is 11.8. The fraction of sp³-hybridized carbons (Fsp3) is 0.200. The molecular weight excluding hydrogens is 333 g/mol. The van der Waals surface area contributed by atoms with Crippen LogP contribution in [0.3, 0.4) is 0 Å². The molecule has 6 heteroatoms. The van der Waals surface area contributed by atoms with Crippen LogP contribution in [-0.2, 0) is 18.3 Å². The zero-order valence-electron chi connectivity index (χ0n) is 14.6. The number of carbonyl (C=O) groups excluding carboxylic acids is 1. The van der Waals surface area contributed by atoms with Crippen molar-refractivity contribution in [3.05, 3.63) is 83.7 Å². The molecule has 0 radical (unpaired) electrons. The summed E-state index contributed by atoms with van der Waals surface area (Å²) in [5.74, 6) is 0.844. The van der Waals surface area contributed by atoms with E-state index in [1.165, 1.54) is 12.1 Å². The summed E-state index contributed by atoms with van der Waals surface area (Å²) in [5, 5.41) is 2.96. The molecule has 1 amide bonds. The van der Waals surface area contributed by atoms with Gasteiger partial charge >= 0.3 is 0 Å². The molecule has 0 saturated carbocycles. The Balaban J connectivity index is 1.81. The lowest BCUT2D eigenvalue weighted by molar-refractivity contribution is -0.121. The predicted octanol–water partition coefficient (Wildman–Crippen LogP) is 3.02. The van der Waals surface area contributed by atoms with Gasteiger partial charge < -0.3 is 14.6 Å². The number of halogens is 1. The molecule has 0 aliphatic carbocycles. The largest absolute Gasteiger partial charge is 0.497 e. The number of hydrogen-bond acceptors (Lipinski definition) is 3. The van der Waals surface area contributed by atoms with Gasteiger partial charge in [0, 0.05) is 19.4 Å². The SMILES string of the molecule is COc1ccc(CC(=O)NC(c2cccc(F)c2)c2nccn2C)cc1. The molecule has 1 aromatic heterocycles. The fourth-order valence-corrected chi connectivity index (χ4v) is 2.78. The summed E-state index contributed by atoms with van der Waals surface area (Å²) < 4.78 is 20.6. The molecule has 0 spiro atoms. The van der Waals surface area contributed by atoms with Gasteiger partial charge in [0.1, 0.15) is 23.4 Å². The Kier molecular flexibility index (Phi) is 5.31. The second kappa shape index (κ2) is 7.82. The van der Waals surface area contributed by atoms with Crippen molar-refractivity contribution in [1.29, 1.82) is 0 Å². The first-order chi connectivity index (χ1) is 12.6. The Bertz CT molecular complexity index is 890. The minimum Gasteiger partial charge on any atom is -0.497 e. The third-order valence-electron chi connectivity index (χ3n) is 4.13. The van der Waals surface area contributed by atoms with Gasteiger partial charge in [0.2, 0.25) is 5.91 Å². The van der Waals surface area contributed by atoms with Gasteiger partial charge in [-0.25, -0.2) is 9.37 Å². The highest BCUT2D eigenvalue weighted by molar-refractivity contribution is 5.79. The molecule has 2 aromatic carbocycles. The molecule has 1 atom stereocenters. The molecule has 1 N–H and O–H groups in total. The van der Waals surface area contributed by atoms with Crippen LogP contribution in [0, 0.1) is 5.82 Å². The molecular formula is C20H20FN3O2. The number of carbonyl (C=O) groups is 1. The van der Waals surface area contributed by atoms with E-state index in [1.807, 2.05) is 35.9 Å². The van der Waals surface area contributed by atoms with Crippen LogP contribution in [0.15, 0.2) is 60.9 Å². The molecule has 0 aliphatic rings. The van der Waals surface area contributed by atoms with Crippen molar-refractivity contribution in [3.8, 4) is 5.75 Å². The first-order valence-electron chi connectivity index (χ1n) is 8.22. The predicted molar refractivity (Wildman–Crippen MR) is 96.3 cm³/mol. The van der Waals surface area contributed by atoms with Crippen LogP contribution in [0.2, 0.25) is 0 Å². The van der Waals surface area contributed by atoms with E-state index in [0.29, 0.717) is 11.4 Å². The quantitative estimate of drug-likeness (QED) is 0.741. The van der Waals surface area contributed by atoms with Crippen molar-refractivity contribution in [2.24, 2.45) is 7.05 Å². The van der Waals surface area contributed by atoms with E-state index >= 15 is 0 Å². The van der Waals surface area contributed by atoms with E-state index in [-0.39, 0.29) is 18.1 Å². The number of amides is 1. The van der Waals surface area contributed by atoms with Crippen molar-refractivity contribution in [2.75, 3.05) is 7.11 Å². The van der Waals surface area contributed by atoms with Crippen LogP contribution >= 0.6 is 0 Å². The summed E-state index contributed by atoms with van der Waals surface area (Å²) in [7, 11) is 3.43. The van der Waals surface area contributed by atoms with Gasteiger partial charge in [-0.15, -0.1) is 0 Å². The monoisotopic (exact) mass is 353 g/mol. The lowest BCUT2D eigenvalue weighted by Crippen LogP contribution is -2.32. The van der Waals surface area contributed by atoms with Crippen LogP contribution in [0.25, 0.3) is 0 Å². The van der Waals surface area contributed by atoms with Crippen LogP contribution < -0.4 is 10.1 Å². The van der Waals surface area contributed by atoms with E-state index in [1.54, 1.807) is 31.6 Å². The molecule has 1 unspecified atom stereocenters. The highest BCUT2D eigenvalue weighted by Crippen LogP contribution is 2.21. The Morgan fingerprint density at radius 3 is 2.65 bits per heavy atom. The van der Waals surface area contributed by atoms with Crippen LogP contribution in [-0.4, -0.2) is 22.6 Å². The van der Waals surface area contributed by atoms with E-state index in [4.69, 9.17) is 4.74 Å². The molecule has 0 bridgehead atoms. The lowest BCUT2D eigenvalue weighted by Gasteiger charge is -2.19. The first kappa shape index (κ1) is 17.7. The average Bonchev–Trinajstić information content (AvgIpc) is 3.06. The number of benzene rings is 2.